The zero-order valence-electron chi connectivity index (χ0n) is 13.8. The molecule has 1 aromatic heterocycles. The molecule has 2 aromatic rings. The molecule has 2 heterocycles. The van der Waals surface area contributed by atoms with E-state index in [4.69, 9.17) is 4.74 Å². The number of aliphatic hydroxyl groups is 1. The van der Waals surface area contributed by atoms with Crippen molar-refractivity contribution in [3.63, 3.8) is 0 Å². The summed E-state index contributed by atoms with van der Waals surface area (Å²) in [6.07, 6.45) is 1.29. The number of benzene rings is 1. The molecule has 0 bridgehead atoms. The summed E-state index contributed by atoms with van der Waals surface area (Å²) < 4.78 is 6.18. The van der Waals surface area contributed by atoms with Crippen LogP contribution in [0.15, 0.2) is 24.3 Å². The Labute approximate surface area is 145 Å². The standard InChI is InChI=1S/C17H23N3O3S/c1-23-10-9-20-8-4-7-17(22,16(20)21)12-18-11-15-19-13-5-2-3-6-14(13)24-15/h2-3,5-6,18,22H,4,7-12H2,1H3. The van der Waals surface area contributed by atoms with Crippen LogP contribution in [0, 0.1) is 0 Å². The highest BCUT2D eigenvalue weighted by Crippen LogP contribution is 2.23. The van der Waals surface area contributed by atoms with Crippen molar-refractivity contribution in [2.24, 2.45) is 0 Å². The maximum Gasteiger partial charge on any atom is 0.255 e. The van der Waals surface area contributed by atoms with Crippen LogP contribution in [0.4, 0.5) is 0 Å². The Morgan fingerprint density at radius 1 is 1.46 bits per heavy atom. The van der Waals surface area contributed by atoms with Gasteiger partial charge in [-0.1, -0.05) is 12.1 Å². The number of para-hydroxylation sites is 1. The molecular weight excluding hydrogens is 326 g/mol. The van der Waals surface area contributed by atoms with Crippen LogP contribution in [0.5, 0.6) is 0 Å². The number of amides is 1. The van der Waals surface area contributed by atoms with Crippen molar-refractivity contribution in [3.8, 4) is 0 Å². The lowest BCUT2D eigenvalue weighted by atomic mass is 9.91. The molecule has 24 heavy (non-hydrogen) atoms. The first-order valence-electron chi connectivity index (χ1n) is 8.18. The summed E-state index contributed by atoms with van der Waals surface area (Å²) >= 11 is 1.63. The molecule has 6 nitrogen and oxygen atoms in total. The number of ether oxygens (including phenoxy) is 1. The molecule has 1 amide bonds. The molecule has 2 N–H and O–H groups in total. The summed E-state index contributed by atoms with van der Waals surface area (Å²) in [6.45, 7) is 2.48. The lowest BCUT2D eigenvalue weighted by molar-refractivity contribution is -0.157. The highest BCUT2D eigenvalue weighted by molar-refractivity contribution is 7.18. The van der Waals surface area contributed by atoms with Gasteiger partial charge in [-0.2, -0.15) is 0 Å². The number of aromatic nitrogens is 1. The fourth-order valence-electron chi connectivity index (χ4n) is 3.02. The number of hydrogen-bond donors (Lipinski definition) is 2. The van der Waals surface area contributed by atoms with Crippen LogP contribution in [0.25, 0.3) is 10.2 Å². The van der Waals surface area contributed by atoms with Crippen LogP contribution in [0.1, 0.15) is 17.8 Å². The largest absolute Gasteiger partial charge is 0.383 e. The third-order valence-electron chi connectivity index (χ3n) is 4.30. The van der Waals surface area contributed by atoms with Gasteiger partial charge in [0.15, 0.2) is 5.60 Å². The van der Waals surface area contributed by atoms with Crippen molar-refractivity contribution in [3.05, 3.63) is 29.3 Å². The van der Waals surface area contributed by atoms with Crippen molar-refractivity contribution in [2.45, 2.75) is 25.0 Å². The normalized spacial score (nSPS) is 21.6. The van der Waals surface area contributed by atoms with Gasteiger partial charge in [0.05, 0.1) is 16.8 Å². The quantitative estimate of drug-likeness (QED) is 0.790. The molecular formula is C17H23N3O3S. The smallest absolute Gasteiger partial charge is 0.255 e. The average molecular weight is 349 g/mol. The Morgan fingerprint density at radius 3 is 3.08 bits per heavy atom. The summed E-state index contributed by atoms with van der Waals surface area (Å²) in [7, 11) is 1.61. The van der Waals surface area contributed by atoms with Crippen LogP contribution < -0.4 is 5.32 Å². The predicted molar refractivity (Wildman–Crippen MR) is 94.0 cm³/mol. The molecule has 1 saturated heterocycles. The first kappa shape index (κ1) is 17.3. The number of likely N-dealkylation sites (tertiary alicyclic amines) is 1. The van der Waals surface area contributed by atoms with E-state index in [0.717, 1.165) is 21.6 Å². The Bertz CT molecular complexity index is 672. The molecule has 1 fully saturated rings. The molecule has 3 rings (SSSR count). The minimum atomic E-state index is -1.33. The molecule has 0 spiro atoms. The Kier molecular flexibility index (Phi) is 5.45. The molecule has 1 aliphatic heterocycles. The number of nitrogens with zero attached hydrogens (tertiary/aromatic N) is 2. The maximum atomic E-state index is 12.5. The Morgan fingerprint density at radius 2 is 2.29 bits per heavy atom. The number of piperidine rings is 1. The lowest BCUT2D eigenvalue weighted by Gasteiger charge is -2.38. The van der Waals surface area contributed by atoms with Gasteiger partial charge in [-0.25, -0.2) is 4.98 Å². The first-order chi connectivity index (χ1) is 11.6. The molecule has 130 valence electrons. The summed E-state index contributed by atoms with van der Waals surface area (Å²) in [5.74, 6) is -0.206. The van der Waals surface area contributed by atoms with E-state index in [1.807, 2.05) is 24.3 Å². The topological polar surface area (TPSA) is 74.7 Å². The van der Waals surface area contributed by atoms with Crippen LogP contribution >= 0.6 is 11.3 Å². The number of fused-ring (bicyclic) bond motifs is 1. The summed E-state index contributed by atoms with van der Waals surface area (Å²) in [4.78, 5) is 18.7. The Balaban J connectivity index is 1.57. The molecule has 1 atom stereocenters. The van der Waals surface area contributed by atoms with Crippen molar-refractivity contribution in [2.75, 3.05) is 33.4 Å². The van der Waals surface area contributed by atoms with E-state index < -0.39 is 5.60 Å². The van der Waals surface area contributed by atoms with Gasteiger partial charge in [-0.15, -0.1) is 11.3 Å². The van der Waals surface area contributed by atoms with E-state index >= 15 is 0 Å². The van der Waals surface area contributed by atoms with Gasteiger partial charge in [0, 0.05) is 33.3 Å². The monoisotopic (exact) mass is 349 g/mol. The van der Waals surface area contributed by atoms with Crippen molar-refractivity contribution in [1.82, 2.24) is 15.2 Å². The van der Waals surface area contributed by atoms with E-state index in [9.17, 15) is 9.90 Å². The molecule has 0 aliphatic carbocycles. The second-order valence-electron chi connectivity index (χ2n) is 6.10. The average Bonchev–Trinajstić information content (AvgIpc) is 2.99. The van der Waals surface area contributed by atoms with Crippen molar-refractivity contribution in [1.29, 1.82) is 0 Å². The highest BCUT2D eigenvalue weighted by atomic mass is 32.1. The summed E-state index contributed by atoms with van der Waals surface area (Å²) in [5.41, 5.74) is -0.347. The molecule has 1 aromatic carbocycles. The third kappa shape index (κ3) is 3.75. The molecule has 1 aliphatic rings. The highest BCUT2D eigenvalue weighted by Gasteiger charge is 2.41. The van der Waals surface area contributed by atoms with Gasteiger partial charge in [0.1, 0.15) is 5.01 Å². The summed E-state index contributed by atoms with van der Waals surface area (Å²) in [5, 5.41) is 14.9. The van der Waals surface area contributed by atoms with Gasteiger partial charge in [-0.05, 0) is 25.0 Å². The number of rotatable bonds is 7. The molecule has 1 unspecified atom stereocenters. The number of thiazole rings is 1. The first-order valence-corrected chi connectivity index (χ1v) is 9.00. The fourth-order valence-corrected chi connectivity index (χ4v) is 3.95. The summed E-state index contributed by atoms with van der Waals surface area (Å²) in [6, 6.07) is 8.00. The third-order valence-corrected chi connectivity index (χ3v) is 5.34. The van der Waals surface area contributed by atoms with Crippen molar-refractivity contribution >= 4 is 27.5 Å². The van der Waals surface area contributed by atoms with Crippen molar-refractivity contribution < 1.29 is 14.6 Å². The predicted octanol–water partition coefficient (Wildman–Crippen LogP) is 1.39. The van der Waals surface area contributed by atoms with Gasteiger partial charge in [-0.3, -0.25) is 4.79 Å². The number of carbonyl (C=O) groups excluding carboxylic acids is 1. The maximum absolute atomic E-state index is 12.5. The van der Waals surface area contributed by atoms with E-state index in [1.165, 1.54) is 0 Å². The van der Waals surface area contributed by atoms with Gasteiger partial charge in [0.2, 0.25) is 0 Å². The van der Waals surface area contributed by atoms with E-state index in [2.05, 4.69) is 10.3 Å². The molecule has 7 heteroatoms. The lowest BCUT2D eigenvalue weighted by Crippen LogP contribution is -2.58. The van der Waals surface area contributed by atoms with E-state index in [1.54, 1.807) is 23.3 Å². The number of carbonyl (C=O) groups is 1. The van der Waals surface area contributed by atoms with Crippen LogP contribution in [0.3, 0.4) is 0 Å². The zero-order valence-corrected chi connectivity index (χ0v) is 14.6. The molecule has 0 radical (unpaired) electrons. The SMILES string of the molecule is COCCN1CCCC(O)(CNCc2nc3ccccc3s2)C1=O. The number of hydrogen-bond acceptors (Lipinski definition) is 6. The van der Waals surface area contributed by atoms with Crippen LogP contribution in [-0.2, 0) is 16.1 Å². The van der Waals surface area contributed by atoms with E-state index in [0.29, 0.717) is 32.7 Å². The van der Waals surface area contributed by atoms with Gasteiger partial charge >= 0.3 is 0 Å². The second kappa shape index (κ2) is 7.57. The number of nitrogens with one attached hydrogen (secondary N) is 1. The Hall–Kier alpha value is -1.54. The van der Waals surface area contributed by atoms with Crippen LogP contribution in [0.2, 0.25) is 0 Å². The van der Waals surface area contributed by atoms with Gasteiger partial charge in [0.25, 0.3) is 5.91 Å². The fraction of sp³-hybridized carbons (Fsp3) is 0.529. The second-order valence-corrected chi connectivity index (χ2v) is 7.21. The zero-order chi connectivity index (χ0) is 17.0. The van der Waals surface area contributed by atoms with Gasteiger partial charge < -0.3 is 20.1 Å². The molecule has 0 saturated carbocycles. The van der Waals surface area contributed by atoms with E-state index in [-0.39, 0.29) is 12.5 Å². The number of methoxy groups -OCH3 is 1. The van der Waals surface area contributed by atoms with Crippen LogP contribution in [-0.4, -0.2) is 59.8 Å². The minimum Gasteiger partial charge on any atom is -0.383 e. The minimum absolute atomic E-state index is 0.206.